The van der Waals surface area contributed by atoms with Crippen LogP contribution in [0, 0.1) is 0 Å². The van der Waals surface area contributed by atoms with Crippen LogP contribution in [0.25, 0.3) is 16.9 Å². The van der Waals surface area contributed by atoms with Gasteiger partial charge in [-0.05, 0) is 25.8 Å². The van der Waals surface area contributed by atoms with Crippen molar-refractivity contribution in [3.05, 3.63) is 30.4 Å². The van der Waals surface area contributed by atoms with E-state index in [0.717, 1.165) is 34.3 Å². The Bertz CT molecular complexity index is 860. The maximum atomic E-state index is 5.49. The van der Waals surface area contributed by atoms with Crippen molar-refractivity contribution in [3.63, 3.8) is 0 Å². The number of aromatic nitrogens is 5. The largest absolute Gasteiger partial charge is 0.494 e. The number of rotatable bonds is 6. The zero-order valence-corrected chi connectivity index (χ0v) is 17.4. The third-order valence-corrected chi connectivity index (χ3v) is 4.39. The standard InChI is InChI=1S/C16H20N6OS.2ClH/c1-5-17-10(2)12-6-11(14(23-3)8-18-12)13-7-15-19-9-20-22(15)16(21-13)24-4;;/h6-10,17H,5H2,1-4H3;2*1H/t10-;;/m1../s1. The summed E-state index contributed by atoms with van der Waals surface area (Å²) in [6, 6.07) is 4.08. The van der Waals surface area contributed by atoms with Crippen LogP contribution in [0.4, 0.5) is 0 Å². The van der Waals surface area contributed by atoms with Crippen LogP contribution in [0.1, 0.15) is 25.6 Å². The molecule has 3 heterocycles. The van der Waals surface area contributed by atoms with Crippen LogP contribution in [0.2, 0.25) is 0 Å². The SMILES string of the molecule is CCN[C@H](C)c1cc(-c2cc3ncnn3c(SC)n2)c(OC)cn1.Cl.Cl. The molecule has 142 valence electrons. The molecule has 1 atom stereocenters. The molecule has 26 heavy (non-hydrogen) atoms. The summed E-state index contributed by atoms with van der Waals surface area (Å²) in [5, 5.41) is 8.36. The lowest BCUT2D eigenvalue weighted by Crippen LogP contribution is -2.18. The minimum atomic E-state index is 0. The van der Waals surface area contributed by atoms with Crippen LogP contribution in [0.3, 0.4) is 0 Å². The molecule has 7 nitrogen and oxygen atoms in total. The quantitative estimate of drug-likeness (QED) is 0.486. The molecule has 0 saturated carbocycles. The Morgan fingerprint density at radius 1 is 1.27 bits per heavy atom. The number of nitrogens with one attached hydrogen (secondary N) is 1. The molecule has 0 unspecified atom stereocenters. The van der Waals surface area contributed by atoms with E-state index in [1.165, 1.54) is 18.1 Å². The van der Waals surface area contributed by atoms with Crippen LogP contribution >= 0.6 is 36.6 Å². The number of pyridine rings is 1. The number of halogens is 2. The number of hydrogen-bond acceptors (Lipinski definition) is 7. The van der Waals surface area contributed by atoms with Gasteiger partial charge in [0.05, 0.1) is 24.7 Å². The minimum absolute atomic E-state index is 0. The van der Waals surface area contributed by atoms with Crippen LogP contribution < -0.4 is 10.1 Å². The van der Waals surface area contributed by atoms with E-state index >= 15 is 0 Å². The monoisotopic (exact) mass is 416 g/mol. The molecule has 3 aromatic heterocycles. The van der Waals surface area contributed by atoms with Gasteiger partial charge in [0, 0.05) is 17.7 Å². The van der Waals surface area contributed by atoms with Gasteiger partial charge in [0.15, 0.2) is 10.8 Å². The Morgan fingerprint density at radius 3 is 2.69 bits per heavy atom. The number of ether oxygens (including phenoxy) is 1. The van der Waals surface area contributed by atoms with Gasteiger partial charge in [0.25, 0.3) is 0 Å². The number of hydrogen-bond donors (Lipinski definition) is 1. The highest BCUT2D eigenvalue weighted by Crippen LogP contribution is 2.31. The van der Waals surface area contributed by atoms with E-state index in [1.54, 1.807) is 17.8 Å². The van der Waals surface area contributed by atoms with Gasteiger partial charge in [-0.3, -0.25) is 4.98 Å². The van der Waals surface area contributed by atoms with Crippen molar-refractivity contribution in [2.24, 2.45) is 0 Å². The van der Waals surface area contributed by atoms with Gasteiger partial charge in [0.2, 0.25) is 0 Å². The Labute approximate surface area is 169 Å². The Kier molecular flexibility index (Phi) is 8.55. The van der Waals surface area contributed by atoms with E-state index in [0.29, 0.717) is 5.75 Å². The summed E-state index contributed by atoms with van der Waals surface area (Å²) in [6.45, 7) is 5.04. The lowest BCUT2D eigenvalue weighted by molar-refractivity contribution is 0.413. The highest BCUT2D eigenvalue weighted by Gasteiger charge is 2.16. The molecular weight excluding hydrogens is 395 g/mol. The maximum Gasteiger partial charge on any atom is 0.191 e. The van der Waals surface area contributed by atoms with Crippen LogP contribution in [-0.4, -0.2) is 44.5 Å². The summed E-state index contributed by atoms with van der Waals surface area (Å²) < 4.78 is 7.22. The fraction of sp³-hybridized carbons (Fsp3) is 0.375. The average molecular weight is 417 g/mol. The highest BCUT2D eigenvalue weighted by molar-refractivity contribution is 7.98. The summed E-state index contributed by atoms with van der Waals surface area (Å²) in [5.41, 5.74) is 3.39. The van der Waals surface area contributed by atoms with Gasteiger partial charge in [-0.2, -0.15) is 9.61 Å². The van der Waals surface area contributed by atoms with Gasteiger partial charge in [-0.15, -0.1) is 24.8 Å². The van der Waals surface area contributed by atoms with Crippen molar-refractivity contribution < 1.29 is 4.74 Å². The second-order valence-corrected chi connectivity index (χ2v) is 6.02. The van der Waals surface area contributed by atoms with Gasteiger partial charge in [-0.25, -0.2) is 9.97 Å². The topological polar surface area (TPSA) is 77.2 Å². The number of thioether (sulfide) groups is 1. The summed E-state index contributed by atoms with van der Waals surface area (Å²) in [4.78, 5) is 13.5. The zero-order chi connectivity index (χ0) is 17.1. The summed E-state index contributed by atoms with van der Waals surface area (Å²) in [5.74, 6) is 0.686. The van der Waals surface area contributed by atoms with Crippen molar-refractivity contribution in [2.75, 3.05) is 19.9 Å². The van der Waals surface area contributed by atoms with Gasteiger partial charge < -0.3 is 10.1 Å². The van der Waals surface area contributed by atoms with Crippen molar-refractivity contribution >= 4 is 42.2 Å². The summed E-state index contributed by atoms with van der Waals surface area (Å²) in [7, 11) is 1.64. The molecule has 0 amide bonds. The normalized spacial score (nSPS) is 11.5. The predicted octanol–water partition coefficient (Wildman–Crippen LogP) is 3.43. The second-order valence-electron chi connectivity index (χ2n) is 5.25. The fourth-order valence-corrected chi connectivity index (χ4v) is 3.04. The number of fused-ring (bicyclic) bond motifs is 1. The van der Waals surface area contributed by atoms with Gasteiger partial charge in [-0.1, -0.05) is 18.7 Å². The molecule has 0 saturated heterocycles. The summed E-state index contributed by atoms with van der Waals surface area (Å²) in [6.07, 6.45) is 5.24. The number of nitrogens with zero attached hydrogens (tertiary/aromatic N) is 5. The van der Waals surface area contributed by atoms with Crippen LogP contribution in [-0.2, 0) is 0 Å². The molecule has 0 aromatic carbocycles. The molecule has 3 aromatic rings. The molecule has 0 bridgehead atoms. The minimum Gasteiger partial charge on any atom is -0.494 e. The molecule has 0 spiro atoms. The molecule has 1 N–H and O–H groups in total. The second kappa shape index (κ2) is 9.91. The van der Waals surface area contributed by atoms with Crippen LogP contribution in [0.5, 0.6) is 5.75 Å². The smallest absolute Gasteiger partial charge is 0.191 e. The first kappa shape index (κ1) is 22.4. The van der Waals surface area contributed by atoms with E-state index in [-0.39, 0.29) is 30.9 Å². The lowest BCUT2D eigenvalue weighted by atomic mass is 10.1. The van der Waals surface area contributed by atoms with E-state index in [1.807, 2.05) is 18.4 Å². The van der Waals surface area contributed by atoms with E-state index in [9.17, 15) is 0 Å². The highest BCUT2D eigenvalue weighted by atomic mass is 35.5. The molecule has 0 aliphatic rings. The first-order valence-corrected chi connectivity index (χ1v) is 8.92. The van der Waals surface area contributed by atoms with Crippen LogP contribution in [0.15, 0.2) is 29.8 Å². The molecule has 10 heteroatoms. The number of methoxy groups -OCH3 is 1. The summed E-state index contributed by atoms with van der Waals surface area (Å²) >= 11 is 1.52. The predicted molar refractivity (Wildman–Crippen MR) is 109 cm³/mol. The third-order valence-electron chi connectivity index (χ3n) is 3.76. The first-order valence-electron chi connectivity index (χ1n) is 7.70. The van der Waals surface area contributed by atoms with Crippen molar-refractivity contribution in [1.82, 2.24) is 29.9 Å². The lowest BCUT2D eigenvalue weighted by Gasteiger charge is -2.15. The molecule has 0 aliphatic carbocycles. The first-order chi connectivity index (χ1) is 11.7. The molecule has 0 aliphatic heterocycles. The van der Waals surface area contributed by atoms with Crippen molar-refractivity contribution in [2.45, 2.75) is 25.0 Å². The molecular formula is C16H22Cl2N6OS. The van der Waals surface area contributed by atoms with Gasteiger partial charge >= 0.3 is 0 Å². The van der Waals surface area contributed by atoms with E-state index < -0.39 is 0 Å². The molecule has 0 radical (unpaired) electrons. The van der Waals surface area contributed by atoms with Crippen molar-refractivity contribution in [1.29, 1.82) is 0 Å². The Balaban J connectivity index is 0.00000169. The molecule has 0 fully saturated rings. The third kappa shape index (κ3) is 4.37. The van der Waals surface area contributed by atoms with Gasteiger partial charge in [0.1, 0.15) is 12.1 Å². The van der Waals surface area contributed by atoms with E-state index in [2.05, 4.69) is 34.2 Å². The fourth-order valence-electron chi connectivity index (χ4n) is 2.54. The average Bonchev–Trinajstić information content (AvgIpc) is 3.09. The maximum absolute atomic E-state index is 5.49. The van der Waals surface area contributed by atoms with Crippen molar-refractivity contribution in [3.8, 4) is 17.0 Å². The van der Waals surface area contributed by atoms with E-state index in [4.69, 9.17) is 9.72 Å². The Morgan fingerprint density at radius 2 is 2.04 bits per heavy atom. The Hall–Kier alpha value is -1.61. The zero-order valence-electron chi connectivity index (χ0n) is 15.0. The molecule has 3 rings (SSSR count).